The van der Waals surface area contributed by atoms with Crippen molar-refractivity contribution in [2.45, 2.75) is 57.0 Å². The maximum atomic E-state index is 12.8. The molecule has 1 heterocycles. The molecule has 1 aliphatic heterocycles. The lowest BCUT2D eigenvalue weighted by atomic mass is 9.49. The maximum Gasteiger partial charge on any atom is 0.226 e. The van der Waals surface area contributed by atoms with Gasteiger partial charge in [-0.1, -0.05) is 0 Å². The molecule has 0 radical (unpaired) electrons. The van der Waals surface area contributed by atoms with Gasteiger partial charge in [0.1, 0.15) is 0 Å². The smallest absolute Gasteiger partial charge is 0.226 e. The molecule has 4 heteroatoms. The predicted octanol–water partition coefficient (Wildman–Crippen LogP) is 1.43. The van der Waals surface area contributed by atoms with Crippen LogP contribution in [0.25, 0.3) is 0 Å². The first-order chi connectivity index (χ1) is 10.1. The first kappa shape index (κ1) is 14.0. The van der Waals surface area contributed by atoms with Crippen LogP contribution in [0.1, 0.15) is 51.4 Å². The molecular weight excluding hydrogens is 264 g/mol. The van der Waals surface area contributed by atoms with Crippen molar-refractivity contribution in [3.63, 3.8) is 0 Å². The number of rotatable bonds is 3. The van der Waals surface area contributed by atoms with Gasteiger partial charge in [0, 0.05) is 18.5 Å². The molecular formula is C17H28N2O2. The Balaban J connectivity index is 1.41. The number of hydrogen-bond donors (Lipinski definition) is 3. The van der Waals surface area contributed by atoms with Crippen molar-refractivity contribution in [1.82, 2.24) is 10.6 Å². The minimum absolute atomic E-state index is 0.0901. The number of amides is 1. The fourth-order valence-electron chi connectivity index (χ4n) is 5.92. The lowest BCUT2D eigenvalue weighted by Crippen LogP contribution is -2.58. The summed E-state index contributed by atoms with van der Waals surface area (Å²) in [7, 11) is 0. The molecule has 5 fully saturated rings. The van der Waals surface area contributed by atoms with E-state index in [4.69, 9.17) is 0 Å². The van der Waals surface area contributed by atoms with Crippen LogP contribution in [-0.4, -0.2) is 36.2 Å². The van der Waals surface area contributed by atoms with Crippen molar-refractivity contribution in [3.8, 4) is 0 Å². The standard InChI is InChI=1S/C17H28N2O2/c20-15(19-11-17(21)2-1-3-18-10-17)16-7-12-4-13(8-16)6-14(5-12)9-16/h12-14,18,21H,1-11H2,(H,19,20)/t12?,13?,14?,16?,17-/m0/s1. The largest absolute Gasteiger partial charge is 0.387 e. The highest BCUT2D eigenvalue weighted by Gasteiger charge is 2.54. The molecule has 1 amide bonds. The summed E-state index contributed by atoms with van der Waals surface area (Å²) in [5.41, 5.74) is -0.830. The van der Waals surface area contributed by atoms with Crippen molar-refractivity contribution < 1.29 is 9.90 Å². The Morgan fingerprint density at radius 1 is 1.14 bits per heavy atom. The molecule has 4 saturated carbocycles. The summed E-state index contributed by atoms with van der Waals surface area (Å²) in [6, 6.07) is 0. The van der Waals surface area contributed by atoms with E-state index in [0.29, 0.717) is 13.1 Å². The van der Waals surface area contributed by atoms with Crippen LogP contribution >= 0.6 is 0 Å². The molecule has 0 aromatic carbocycles. The maximum absolute atomic E-state index is 12.8. The van der Waals surface area contributed by atoms with Crippen LogP contribution in [0, 0.1) is 23.2 Å². The highest BCUT2D eigenvalue weighted by Crippen LogP contribution is 2.60. The van der Waals surface area contributed by atoms with Crippen LogP contribution in [0.5, 0.6) is 0 Å². The van der Waals surface area contributed by atoms with E-state index in [1.165, 1.54) is 19.3 Å². The molecule has 0 aromatic heterocycles. The summed E-state index contributed by atoms with van der Waals surface area (Å²) in [5.74, 6) is 2.62. The Labute approximate surface area is 127 Å². The summed E-state index contributed by atoms with van der Waals surface area (Å²) in [6.45, 7) is 2.00. The van der Waals surface area contributed by atoms with Gasteiger partial charge in [0.15, 0.2) is 0 Å². The fourth-order valence-corrected chi connectivity index (χ4v) is 5.92. The van der Waals surface area contributed by atoms with E-state index in [0.717, 1.165) is 56.4 Å². The number of carbonyl (C=O) groups is 1. The van der Waals surface area contributed by atoms with Crippen LogP contribution in [-0.2, 0) is 4.79 Å². The summed E-state index contributed by atoms with van der Waals surface area (Å²) in [5, 5.41) is 16.9. The molecule has 3 N–H and O–H groups in total. The Morgan fingerprint density at radius 2 is 1.76 bits per heavy atom. The molecule has 5 aliphatic rings. The van der Waals surface area contributed by atoms with Crippen molar-refractivity contribution in [3.05, 3.63) is 0 Å². The molecule has 4 bridgehead atoms. The zero-order chi connectivity index (χ0) is 14.5. The van der Waals surface area contributed by atoms with Crippen molar-refractivity contribution >= 4 is 5.91 Å². The third-order valence-electron chi connectivity index (χ3n) is 6.55. The van der Waals surface area contributed by atoms with Gasteiger partial charge in [-0.25, -0.2) is 0 Å². The lowest BCUT2D eigenvalue weighted by Gasteiger charge is -2.55. The predicted molar refractivity (Wildman–Crippen MR) is 80.7 cm³/mol. The van der Waals surface area contributed by atoms with Gasteiger partial charge in [-0.15, -0.1) is 0 Å². The molecule has 4 aliphatic carbocycles. The second-order valence-electron chi connectivity index (χ2n) is 8.39. The van der Waals surface area contributed by atoms with Gasteiger partial charge in [0.05, 0.1) is 5.60 Å². The molecule has 0 aromatic rings. The molecule has 0 spiro atoms. The molecule has 21 heavy (non-hydrogen) atoms. The Morgan fingerprint density at radius 3 is 2.29 bits per heavy atom. The Kier molecular flexibility index (Phi) is 3.30. The highest BCUT2D eigenvalue weighted by atomic mass is 16.3. The number of hydrogen-bond acceptors (Lipinski definition) is 3. The van der Waals surface area contributed by atoms with E-state index < -0.39 is 5.60 Å². The van der Waals surface area contributed by atoms with E-state index in [-0.39, 0.29) is 11.3 Å². The third kappa shape index (κ3) is 2.50. The summed E-state index contributed by atoms with van der Waals surface area (Å²) < 4.78 is 0. The van der Waals surface area contributed by atoms with E-state index in [2.05, 4.69) is 10.6 Å². The molecule has 1 saturated heterocycles. The average Bonchev–Trinajstić information content (AvgIpc) is 2.44. The van der Waals surface area contributed by atoms with Crippen LogP contribution in [0.2, 0.25) is 0 Å². The average molecular weight is 292 g/mol. The first-order valence-corrected chi connectivity index (χ1v) is 8.78. The zero-order valence-electron chi connectivity index (χ0n) is 12.9. The van der Waals surface area contributed by atoms with Gasteiger partial charge >= 0.3 is 0 Å². The van der Waals surface area contributed by atoms with E-state index in [1.54, 1.807) is 0 Å². The van der Waals surface area contributed by atoms with Crippen molar-refractivity contribution in [2.24, 2.45) is 23.2 Å². The fraction of sp³-hybridized carbons (Fsp3) is 0.941. The number of β-amino-alcohol motifs (C(OH)–C–C–N with tert-alkyl or cyclic N) is 1. The van der Waals surface area contributed by atoms with E-state index in [1.807, 2.05) is 0 Å². The molecule has 0 unspecified atom stereocenters. The molecule has 118 valence electrons. The molecule has 1 atom stereocenters. The van der Waals surface area contributed by atoms with Crippen molar-refractivity contribution in [2.75, 3.05) is 19.6 Å². The van der Waals surface area contributed by atoms with E-state index in [9.17, 15) is 9.90 Å². The van der Waals surface area contributed by atoms with Gasteiger partial charge in [0.2, 0.25) is 5.91 Å². The Hall–Kier alpha value is -0.610. The number of aliphatic hydroxyl groups is 1. The summed E-state index contributed by atoms with van der Waals surface area (Å²) >= 11 is 0. The van der Waals surface area contributed by atoms with Gasteiger partial charge < -0.3 is 15.7 Å². The van der Waals surface area contributed by atoms with Gasteiger partial charge in [-0.3, -0.25) is 4.79 Å². The second kappa shape index (κ2) is 4.95. The summed E-state index contributed by atoms with van der Waals surface area (Å²) in [6.07, 6.45) is 9.16. The van der Waals surface area contributed by atoms with Gasteiger partial charge in [0.25, 0.3) is 0 Å². The highest BCUT2D eigenvalue weighted by molar-refractivity contribution is 5.83. The minimum atomic E-state index is -0.740. The van der Waals surface area contributed by atoms with Crippen LogP contribution in [0.4, 0.5) is 0 Å². The van der Waals surface area contributed by atoms with Gasteiger partial charge in [-0.05, 0) is 75.7 Å². The van der Waals surface area contributed by atoms with Crippen molar-refractivity contribution in [1.29, 1.82) is 0 Å². The minimum Gasteiger partial charge on any atom is -0.387 e. The molecule has 4 nitrogen and oxygen atoms in total. The SMILES string of the molecule is O=C(NC[C@]1(O)CCCNC1)C12CC3CC(CC(C3)C1)C2. The topological polar surface area (TPSA) is 61.4 Å². The number of carbonyl (C=O) groups excluding carboxylic acids is 1. The van der Waals surface area contributed by atoms with E-state index >= 15 is 0 Å². The second-order valence-corrected chi connectivity index (χ2v) is 8.39. The van der Waals surface area contributed by atoms with Crippen LogP contribution < -0.4 is 10.6 Å². The third-order valence-corrected chi connectivity index (χ3v) is 6.55. The first-order valence-electron chi connectivity index (χ1n) is 8.78. The summed E-state index contributed by atoms with van der Waals surface area (Å²) in [4.78, 5) is 12.8. The quantitative estimate of drug-likeness (QED) is 0.737. The zero-order valence-corrected chi connectivity index (χ0v) is 12.9. The Bertz CT molecular complexity index is 393. The normalized spacial score (nSPS) is 48.3. The monoisotopic (exact) mass is 292 g/mol. The van der Waals surface area contributed by atoms with Gasteiger partial charge in [-0.2, -0.15) is 0 Å². The number of nitrogens with one attached hydrogen (secondary N) is 2. The molecule has 5 rings (SSSR count). The van der Waals surface area contributed by atoms with Crippen LogP contribution in [0.3, 0.4) is 0 Å². The van der Waals surface area contributed by atoms with Crippen LogP contribution in [0.15, 0.2) is 0 Å². The lowest BCUT2D eigenvalue weighted by molar-refractivity contribution is -0.147. The number of piperidine rings is 1.